The predicted octanol–water partition coefficient (Wildman–Crippen LogP) is 3.40. The number of alkyl halides is 1. The van der Waals surface area contributed by atoms with E-state index in [1.807, 2.05) is 0 Å². The van der Waals surface area contributed by atoms with Crippen molar-refractivity contribution in [3.63, 3.8) is 0 Å². The van der Waals surface area contributed by atoms with Crippen molar-refractivity contribution in [2.24, 2.45) is 0 Å². The molecule has 0 saturated heterocycles. The average molecular weight is 361 g/mol. The van der Waals surface area contributed by atoms with E-state index in [2.05, 4.69) is 15.9 Å². The van der Waals surface area contributed by atoms with Crippen molar-refractivity contribution < 1.29 is 8.42 Å². The van der Waals surface area contributed by atoms with Gasteiger partial charge in [0.15, 0.2) is 0 Å². The largest absolute Gasteiger partial charge is 0.242 e. The molecular weight excluding hydrogens is 349 g/mol. The van der Waals surface area contributed by atoms with Gasteiger partial charge >= 0.3 is 0 Å². The molecule has 0 saturated carbocycles. The van der Waals surface area contributed by atoms with Gasteiger partial charge in [-0.15, -0.1) is 0 Å². The van der Waals surface area contributed by atoms with E-state index < -0.39 is 10.0 Å². The summed E-state index contributed by atoms with van der Waals surface area (Å²) in [5.41, 5.74) is 0. The fourth-order valence-electron chi connectivity index (χ4n) is 1.22. The lowest BCUT2D eigenvalue weighted by Gasteiger charge is -2.16. The van der Waals surface area contributed by atoms with Crippen LogP contribution in [0, 0.1) is 0 Å². The highest BCUT2D eigenvalue weighted by atomic mass is 79.9. The Morgan fingerprint density at radius 3 is 2.47 bits per heavy atom. The highest BCUT2D eigenvalue weighted by Gasteiger charge is 2.20. The summed E-state index contributed by atoms with van der Waals surface area (Å²) in [6, 6.07) is 4.30. The molecule has 0 N–H and O–H groups in total. The molecule has 0 bridgehead atoms. The number of hydrogen-bond acceptors (Lipinski definition) is 2. The lowest BCUT2D eigenvalue weighted by atomic mass is 10.4. The standard InChI is InChI=1S/C10H12BrCl2NO2S/c1-14(6-2-5-11)17(15,16)8-3-4-9(12)10(13)7-8/h3-4,7H,2,5-6H2,1H3. The monoisotopic (exact) mass is 359 g/mol. The van der Waals surface area contributed by atoms with E-state index in [1.165, 1.54) is 22.5 Å². The molecule has 7 heteroatoms. The molecule has 0 aromatic heterocycles. The maximum absolute atomic E-state index is 12.1. The summed E-state index contributed by atoms with van der Waals surface area (Å²) < 4.78 is 25.5. The van der Waals surface area contributed by atoms with Crippen LogP contribution in [0.4, 0.5) is 0 Å². The Bertz CT molecular complexity index is 493. The van der Waals surface area contributed by atoms with Crippen LogP contribution < -0.4 is 0 Å². The highest BCUT2D eigenvalue weighted by Crippen LogP contribution is 2.26. The quantitative estimate of drug-likeness (QED) is 0.754. The van der Waals surface area contributed by atoms with Gasteiger partial charge in [-0.05, 0) is 24.6 Å². The van der Waals surface area contributed by atoms with Crippen LogP contribution in [0.1, 0.15) is 6.42 Å². The molecule has 0 fully saturated rings. The lowest BCUT2D eigenvalue weighted by Crippen LogP contribution is -2.28. The third-order valence-electron chi connectivity index (χ3n) is 2.21. The molecule has 0 amide bonds. The van der Waals surface area contributed by atoms with Crippen LogP contribution >= 0.6 is 39.1 Å². The van der Waals surface area contributed by atoms with Gasteiger partial charge in [0.1, 0.15) is 0 Å². The van der Waals surface area contributed by atoms with E-state index in [0.29, 0.717) is 11.6 Å². The van der Waals surface area contributed by atoms with Crippen molar-refractivity contribution in [3.8, 4) is 0 Å². The Morgan fingerprint density at radius 1 is 1.29 bits per heavy atom. The first-order valence-corrected chi connectivity index (χ1v) is 8.18. The molecule has 0 radical (unpaired) electrons. The summed E-state index contributed by atoms with van der Waals surface area (Å²) >= 11 is 14.8. The van der Waals surface area contributed by atoms with Crippen LogP contribution in [0.25, 0.3) is 0 Å². The summed E-state index contributed by atoms with van der Waals surface area (Å²) in [4.78, 5) is 0.156. The van der Waals surface area contributed by atoms with Gasteiger partial charge in [-0.2, -0.15) is 0 Å². The third-order valence-corrected chi connectivity index (χ3v) is 5.36. The van der Waals surface area contributed by atoms with Gasteiger partial charge in [0.05, 0.1) is 14.9 Å². The molecule has 1 aromatic rings. The zero-order valence-electron chi connectivity index (χ0n) is 9.16. The summed E-state index contributed by atoms with van der Waals surface area (Å²) in [5.74, 6) is 0. The number of benzene rings is 1. The van der Waals surface area contributed by atoms with E-state index in [9.17, 15) is 8.42 Å². The Hall–Kier alpha value is 0.190. The second-order valence-electron chi connectivity index (χ2n) is 3.45. The van der Waals surface area contributed by atoms with Crippen LogP contribution in [-0.4, -0.2) is 31.6 Å². The van der Waals surface area contributed by atoms with E-state index in [1.54, 1.807) is 7.05 Å². The molecule has 0 heterocycles. The van der Waals surface area contributed by atoms with Crippen LogP contribution in [0.2, 0.25) is 10.0 Å². The van der Waals surface area contributed by atoms with Crippen molar-refractivity contribution in [2.75, 3.05) is 18.9 Å². The van der Waals surface area contributed by atoms with Gasteiger partial charge in [0.2, 0.25) is 10.0 Å². The van der Waals surface area contributed by atoms with Crippen LogP contribution in [0.3, 0.4) is 0 Å². The molecule has 0 aliphatic heterocycles. The van der Waals surface area contributed by atoms with Crippen molar-refractivity contribution >= 4 is 49.2 Å². The molecule has 0 spiro atoms. The van der Waals surface area contributed by atoms with Gasteiger partial charge in [-0.1, -0.05) is 39.1 Å². The maximum Gasteiger partial charge on any atom is 0.242 e. The third kappa shape index (κ3) is 3.83. The Morgan fingerprint density at radius 2 is 1.94 bits per heavy atom. The number of rotatable bonds is 5. The molecule has 0 aliphatic carbocycles. The van der Waals surface area contributed by atoms with E-state index in [-0.39, 0.29) is 9.92 Å². The van der Waals surface area contributed by atoms with Gasteiger partial charge < -0.3 is 0 Å². The van der Waals surface area contributed by atoms with Gasteiger partial charge in [0.25, 0.3) is 0 Å². The van der Waals surface area contributed by atoms with Gasteiger partial charge in [-0.3, -0.25) is 0 Å². The molecule has 1 aromatic carbocycles. The molecule has 0 aliphatic rings. The first-order chi connectivity index (χ1) is 7.89. The summed E-state index contributed by atoms with van der Waals surface area (Å²) in [6.45, 7) is 0.452. The van der Waals surface area contributed by atoms with Crippen LogP contribution in [0.15, 0.2) is 23.1 Å². The maximum atomic E-state index is 12.1. The summed E-state index contributed by atoms with van der Waals surface area (Å²) in [7, 11) is -1.94. The fourth-order valence-corrected chi connectivity index (χ4v) is 3.07. The van der Waals surface area contributed by atoms with Crippen molar-refractivity contribution in [2.45, 2.75) is 11.3 Å². The second-order valence-corrected chi connectivity index (χ2v) is 7.10. The Balaban J connectivity index is 3.00. The zero-order chi connectivity index (χ0) is 13.1. The number of sulfonamides is 1. The van der Waals surface area contributed by atoms with E-state index in [4.69, 9.17) is 23.2 Å². The number of halogens is 3. The molecule has 96 valence electrons. The highest BCUT2D eigenvalue weighted by molar-refractivity contribution is 9.09. The molecule has 17 heavy (non-hydrogen) atoms. The molecule has 0 atom stereocenters. The summed E-state index contributed by atoms with van der Waals surface area (Å²) in [6.07, 6.45) is 0.747. The first kappa shape index (κ1) is 15.2. The normalized spacial score (nSPS) is 12.1. The van der Waals surface area contributed by atoms with Gasteiger partial charge in [-0.25, -0.2) is 12.7 Å². The molecule has 3 nitrogen and oxygen atoms in total. The van der Waals surface area contributed by atoms with Gasteiger partial charge in [0, 0.05) is 18.9 Å². The average Bonchev–Trinajstić information content (AvgIpc) is 2.29. The number of nitrogens with zero attached hydrogens (tertiary/aromatic N) is 1. The molecule has 1 rings (SSSR count). The summed E-state index contributed by atoms with van der Waals surface area (Å²) in [5, 5.41) is 1.34. The smallest absolute Gasteiger partial charge is 0.207 e. The predicted molar refractivity (Wildman–Crippen MR) is 74.7 cm³/mol. The minimum atomic E-state index is -3.48. The Labute approximate surface area is 120 Å². The van der Waals surface area contributed by atoms with Crippen molar-refractivity contribution in [1.29, 1.82) is 0 Å². The first-order valence-electron chi connectivity index (χ1n) is 4.87. The SMILES string of the molecule is CN(CCCBr)S(=O)(=O)c1ccc(Cl)c(Cl)c1. The Kier molecular flexibility index (Phi) is 5.73. The van der Waals surface area contributed by atoms with Crippen LogP contribution in [0.5, 0.6) is 0 Å². The second kappa shape index (κ2) is 6.38. The molecule has 0 unspecified atom stereocenters. The van der Waals surface area contributed by atoms with Crippen LogP contribution in [-0.2, 0) is 10.0 Å². The molecular formula is C10H12BrCl2NO2S. The van der Waals surface area contributed by atoms with Crippen molar-refractivity contribution in [3.05, 3.63) is 28.2 Å². The lowest BCUT2D eigenvalue weighted by molar-refractivity contribution is 0.470. The minimum Gasteiger partial charge on any atom is -0.207 e. The zero-order valence-corrected chi connectivity index (χ0v) is 13.1. The number of hydrogen-bond donors (Lipinski definition) is 0. The van der Waals surface area contributed by atoms with Crippen molar-refractivity contribution in [1.82, 2.24) is 4.31 Å². The van der Waals surface area contributed by atoms with E-state index >= 15 is 0 Å². The van der Waals surface area contributed by atoms with E-state index in [0.717, 1.165) is 11.8 Å². The minimum absolute atomic E-state index is 0.156. The fraction of sp³-hybridized carbons (Fsp3) is 0.400. The topological polar surface area (TPSA) is 37.4 Å².